The Labute approximate surface area is 199 Å². The molecule has 176 valence electrons. The largest absolute Gasteiger partial charge is 0.469 e. The van der Waals surface area contributed by atoms with Crippen LogP contribution >= 0.6 is 11.3 Å². The number of benzene rings is 2. The number of hydrogen-bond donors (Lipinski definition) is 2. The summed E-state index contributed by atoms with van der Waals surface area (Å²) < 4.78 is 13.8. The first kappa shape index (κ1) is 24.5. The van der Waals surface area contributed by atoms with Gasteiger partial charge in [0.05, 0.1) is 13.5 Å². The Balaban J connectivity index is 1.58. The van der Waals surface area contributed by atoms with Crippen molar-refractivity contribution in [3.63, 3.8) is 0 Å². The van der Waals surface area contributed by atoms with E-state index in [1.807, 2.05) is 36.4 Å². The average molecular weight is 483 g/mol. The summed E-state index contributed by atoms with van der Waals surface area (Å²) in [6, 6.07) is 14.9. The van der Waals surface area contributed by atoms with Crippen LogP contribution in [0.15, 0.2) is 48.5 Å². The Hall–Kier alpha value is -4.12. The monoisotopic (exact) mass is 482 g/mol. The van der Waals surface area contributed by atoms with Crippen LogP contribution < -0.4 is 5.32 Å². The third kappa shape index (κ3) is 6.94. The molecule has 0 unspecified atom stereocenters. The molecule has 0 aliphatic rings. The first-order valence-electron chi connectivity index (χ1n) is 10.1. The van der Waals surface area contributed by atoms with Gasteiger partial charge >= 0.3 is 18.0 Å². The zero-order valence-corrected chi connectivity index (χ0v) is 19.3. The minimum atomic E-state index is -0.893. The fourth-order valence-corrected chi connectivity index (χ4v) is 3.64. The summed E-state index contributed by atoms with van der Waals surface area (Å²) in [5, 5.41) is 20.1. The number of rotatable bonds is 8. The van der Waals surface area contributed by atoms with Gasteiger partial charge in [-0.15, -0.1) is 10.2 Å². The smallest absolute Gasteiger partial charge is 0.415 e. The lowest BCUT2D eigenvalue weighted by Gasteiger charge is -2.09. The Morgan fingerprint density at radius 3 is 2.18 bits per heavy atom. The van der Waals surface area contributed by atoms with Gasteiger partial charge in [0.25, 0.3) is 0 Å². The van der Waals surface area contributed by atoms with Crippen molar-refractivity contribution in [2.75, 3.05) is 13.9 Å². The van der Waals surface area contributed by atoms with E-state index < -0.39 is 18.9 Å². The van der Waals surface area contributed by atoms with E-state index in [0.717, 1.165) is 26.7 Å². The number of nitrogens with one attached hydrogen (secondary N) is 2. The number of carbonyl (C=O) groups is 3. The molecule has 0 aliphatic carbocycles. The Morgan fingerprint density at radius 2 is 1.56 bits per heavy atom. The Morgan fingerprint density at radius 1 is 0.941 bits per heavy atom. The predicted molar refractivity (Wildman–Crippen MR) is 124 cm³/mol. The van der Waals surface area contributed by atoms with Gasteiger partial charge in [0, 0.05) is 24.5 Å². The fourth-order valence-electron chi connectivity index (χ4n) is 2.79. The lowest BCUT2D eigenvalue weighted by Crippen LogP contribution is -2.31. The van der Waals surface area contributed by atoms with Gasteiger partial charge in [-0.25, -0.2) is 4.79 Å². The van der Waals surface area contributed by atoms with Crippen LogP contribution in [0, 0.1) is 5.41 Å². The van der Waals surface area contributed by atoms with Gasteiger partial charge in [-0.3, -0.25) is 20.3 Å². The summed E-state index contributed by atoms with van der Waals surface area (Å²) >= 11 is 1.43. The van der Waals surface area contributed by atoms with Crippen molar-refractivity contribution in [2.45, 2.75) is 19.8 Å². The number of carbonyl (C=O) groups excluding carboxylic acids is 3. The van der Waals surface area contributed by atoms with E-state index in [1.54, 1.807) is 12.1 Å². The molecule has 34 heavy (non-hydrogen) atoms. The number of amides is 1. The molecule has 2 aromatic carbocycles. The van der Waals surface area contributed by atoms with Crippen molar-refractivity contribution >= 4 is 35.2 Å². The van der Waals surface area contributed by atoms with Gasteiger partial charge < -0.3 is 14.2 Å². The summed E-state index contributed by atoms with van der Waals surface area (Å²) in [4.78, 5) is 33.6. The van der Waals surface area contributed by atoms with E-state index in [-0.39, 0.29) is 18.2 Å². The van der Waals surface area contributed by atoms with Crippen molar-refractivity contribution in [3.05, 3.63) is 59.1 Å². The third-order valence-electron chi connectivity index (χ3n) is 4.56. The van der Waals surface area contributed by atoms with E-state index in [4.69, 9.17) is 5.41 Å². The highest BCUT2D eigenvalue weighted by Gasteiger charge is 2.11. The van der Waals surface area contributed by atoms with Crippen LogP contribution in [0.1, 0.15) is 23.9 Å². The number of methoxy groups -OCH3 is 1. The molecule has 0 saturated heterocycles. The molecular formula is C23H22N4O6S. The molecule has 0 radical (unpaired) electrons. The second-order valence-corrected chi connectivity index (χ2v) is 7.98. The molecule has 0 spiro atoms. The second-order valence-electron chi connectivity index (χ2n) is 6.92. The highest BCUT2D eigenvalue weighted by atomic mass is 32.1. The topological polar surface area (TPSA) is 141 Å². The number of aryl methyl sites for hydroxylation is 1. The van der Waals surface area contributed by atoms with E-state index in [0.29, 0.717) is 12.0 Å². The van der Waals surface area contributed by atoms with Crippen molar-refractivity contribution in [1.29, 1.82) is 5.41 Å². The zero-order chi connectivity index (χ0) is 24.5. The summed E-state index contributed by atoms with van der Waals surface area (Å²) in [5.74, 6) is -0.999. The third-order valence-corrected chi connectivity index (χ3v) is 5.59. The average Bonchev–Trinajstić information content (AvgIpc) is 3.31. The van der Waals surface area contributed by atoms with Gasteiger partial charge in [-0.1, -0.05) is 59.9 Å². The Bertz CT molecular complexity index is 1170. The normalized spacial score (nSPS) is 10.3. The van der Waals surface area contributed by atoms with Crippen LogP contribution in [-0.4, -0.2) is 48.0 Å². The predicted octanol–water partition coefficient (Wildman–Crippen LogP) is 3.55. The van der Waals surface area contributed by atoms with Gasteiger partial charge in [0.1, 0.15) is 15.9 Å². The van der Waals surface area contributed by atoms with Crippen LogP contribution in [0.4, 0.5) is 4.79 Å². The molecule has 3 rings (SSSR count). The van der Waals surface area contributed by atoms with E-state index >= 15 is 0 Å². The highest BCUT2D eigenvalue weighted by molar-refractivity contribution is 7.14. The van der Waals surface area contributed by atoms with Crippen LogP contribution in [0.2, 0.25) is 0 Å². The molecule has 0 aliphatic heterocycles. The molecule has 2 N–H and O–H groups in total. The molecule has 0 saturated carbocycles. The first-order chi connectivity index (χ1) is 16.4. The van der Waals surface area contributed by atoms with E-state index in [2.05, 4.69) is 29.7 Å². The maximum Gasteiger partial charge on any atom is 0.415 e. The van der Waals surface area contributed by atoms with Crippen molar-refractivity contribution < 1.29 is 28.6 Å². The molecule has 10 nitrogen and oxygen atoms in total. The van der Waals surface area contributed by atoms with E-state index in [1.165, 1.54) is 25.4 Å². The molecule has 1 aromatic heterocycles. The minimum absolute atomic E-state index is 0.144. The van der Waals surface area contributed by atoms with Gasteiger partial charge in [-0.05, 0) is 11.1 Å². The van der Waals surface area contributed by atoms with Gasteiger partial charge in [0.15, 0.2) is 0 Å². The molecule has 3 aromatic rings. The second kappa shape index (κ2) is 11.7. The van der Waals surface area contributed by atoms with Crippen molar-refractivity contribution in [2.24, 2.45) is 0 Å². The molecule has 1 amide bonds. The first-order valence-corrected chi connectivity index (χ1v) is 10.9. The van der Waals surface area contributed by atoms with E-state index in [9.17, 15) is 14.4 Å². The van der Waals surface area contributed by atoms with Crippen LogP contribution in [0.5, 0.6) is 0 Å². The SMILES string of the molecule is COC(=O)CCc1nnc(-c2ccc(-c3ccc(C(=N)NC(=O)OCOC(C)=O)cc3)cc2)s1. The molecule has 11 heteroatoms. The minimum Gasteiger partial charge on any atom is -0.469 e. The van der Waals surface area contributed by atoms with Crippen molar-refractivity contribution in [1.82, 2.24) is 15.5 Å². The van der Waals surface area contributed by atoms with Crippen LogP contribution in [-0.2, 0) is 30.2 Å². The highest BCUT2D eigenvalue weighted by Crippen LogP contribution is 2.27. The number of ether oxygens (including phenoxy) is 3. The summed E-state index contributed by atoms with van der Waals surface area (Å²) in [6.45, 7) is 0.676. The standard InChI is InChI=1S/C23H22N4O6S/c1-14(28)32-13-33-23(30)25-21(24)17-7-3-15(4-8-17)16-5-9-18(10-6-16)22-27-26-19(34-22)11-12-20(29)31-2/h3-10H,11-13H2,1-2H3,(H2,24,25,30). The Kier molecular flexibility index (Phi) is 8.41. The number of hydrogen-bond acceptors (Lipinski definition) is 10. The maximum absolute atomic E-state index is 11.6. The number of aromatic nitrogens is 2. The maximum atomic E-state index is 11.6. The quantitative estimate of drug-likeness (QED) is 0.215. The van der Waals surface area contributed by atoms with Gasteiger partial charge in [-0.2, -0.15) is 0 Å². The number of amidine groups is 1. The summed E-state index contributed by atoms with van der Waals surface area (Å²) in [6.07, 6.45) is -0.138. The zero-order valence-electron chi connectivity index (χ0n) is 18.5. The number of alkyl carbamates (subject to hydrolysis) is 1. The molecule has 0 fully saturated rings. The van der Waals surface area contributed by atoms with Crippen LogP contribution in [0.3, 0.4) is 0 Å². The summed E-state index contributed by atoms with van der Waals surface area (Å²) in [5.41, 5.74) is 3.29. The number of esters is 2. The van der Waals surface area contributed by atoms with Gasteiger partial charge in [0.2, 0.25) is 6.79 Å². The fraction of sp³-hybridized carbons (Fsp3) is 0.217. The van der Waals surface area contributed by atoms with Crippen molar-refractivity contribution in [3.8, 4) is 21.7 Å². The molecule has 0 atom stereocenters. The molecule has 1 heterocycles. The molecule has 0 bridgehead atoms. The lowest BCUT2D eigenvalue weighted by atomic mass is 10.0. The number of nitrogens with zero attached hydrogens (tertiary/aromatic N) is 2. The molecular weight excluding hydrogens is 460 g/mol. The lowest BCUT2D eigenvalue weighted by molar-refractivity contribution is -0.149. The van der Waals surface area contributed by atoms with Crippen LogP contribution in [0.25, 0.3) is 21.7 Å². The summed E-state index contributed by atoms with van der Waals surface area (Å²) in [7, 11) is 1.36.